The zero-order valence-electron chi connectivity index (χ0n) is 16.9. The van der Waals surface area contributed by atoms with Crippen LogP contribution in [0.1, 0.15) is 21.7 Å². The molecule has 2 amide bonds. The van der Waals surface area contributed by atoms with Gasteiger partial charge in [0.05, 0.1) is 22.6 Å². The van der Waals surface area contributed by atoms with Gasteiger partial charge >= 0.3 is 0 Å². The van der Waals surface area contributed by atoms with Gasteiger partial charge in [0, 0.05) is 18.8 Å². The summed E-state index contributed by atoms with van der Waals surface area (Å²) in [7, 11) is 1.51. The minimum Gasteiger partial charge on any atom is -0.484 e. The van der Waals surface area contributed by atoms with Crippen LogP contribution >= 0.6 is 0 Å². The van der Waals surface area contributed by atoms with E-state index in [1.165, 1.54) is 7.05 Å². The SMILES string of the molecule is CNC(=O)COc1cccc(NC(=O)C(=O)c2c(C)nn(-c3ccccc3)c2C)c1. The molecule has 0 aliphatic heterocycles. The molecule has 2 aromatic carbocycles. The van der Waals surface area contributed by atoms with Crippen LogP contribution in [0.5, 0.6) is 5.75 Å². The lowest BCUT2D eigenvalue weighted by Gasteiger charge is -2.09. The molecule has 0 aliphatic carbocycles. The predicted molar refractivity (Wildman–Crippen MR) is 112 cm³/mol. The number of amides is 2. The van der Waals surface area contributed by atoms with Gasteiger partial charge in [-0.25, -0.2) is 4.68 Å². The van der Waals surface area contributed by atoms with E-state index < -0.39 is 11.7 Å². The number of rotatable bonds is 7. The Morgan fingerprint density at radius 3 is 2.47 bits per heavy atom. The third-order valence-corrected chi connectivity index (χ3v) is 4.47. The van der Waals surface area contributed by atoms with Gasteiger partial charge in [-0.1, -0.05) is 24.3 Å². The lowest BCUT2D eigenvalue weighted by molar-refractivity contribution is -0.122. The number of nitrogens with zero attached hydrogens (tertiary/aromatic N) is 2. The van der Waals surface area contributed by atoms with Crippen molar-refractivity contribution in [2.75, 3.05) is 19.0 Å². The Morgan fingerprint density at radius 1 is 1.03 bits per heavy atom. The number of hydrogen-bond acceptors (Lipinski definition) is 5. The first-order chi connectivity index (χ1) is 14.4. The van der Waals surface area contributed by atoms with E-state index in [1.54, 1.807) is 42.8 Å². The largest absolute Gasteiger partial charge is 0.484 e. The van der Waals surface area contributed by atoms with Crippen LogP contribution in [0.25, 0.3) is 5.69 Å². The van der Waals surface area contributed by atoms with Crippen LogP contribution in [0.4, 0.5) is 5.69 Å². The van der Waals surface area contributed by atoms with E-state index in [4.69, 9.17) is 4.74 Å². The average Bonchev–Trinajstić information content (AvgIpc) is 3.06. The van der Waals surface area contributed by atoms with Crippen molar-refractivity contribution in [1.29, 1.82) is 0 Å². The van der Waals surface area contributed by atoms with Crippen LogP contribution in [0, 0.1) is 13.8 Å². The molecule has 0 fully saturated rings. The normalized spacial score (nSPS) is 10.4. The van der Waals surface area contributed by atoms with E-state index in [1.807, 2.05) is 30.3 Å². The molecule has 0 spiro atoms. The summed E-state index contributed by atoms with van der Waals surface area (Å²) in [6, 6.07) is 15.9. The first-order valence-electron chi connectivity index (χ1n) is 9.31. The van der Waals surface area contributed by atoms with Gasteiger partial charge in [0.25, 0.3) is 17.6 Å². The van der Waals surface area contributed by atoms with Gasteiger partial charge in [0.2, 0.25) is 0 Å². The summed E-state index contributed by atoms with van der Waals surface area (Å²) in [6.45, 7) is 3.30. The van der Waals surface area contributed by atoms with Gasteiger partial charge in [-0.2, -0.15) is 5.10 Å². The molecule has 0 bridgehead atoms. The first kappa shape index (κ1) is 20.8. The topological polar surface area (TPSA) is 102 Å². The molecular formula is C22H22N4O4. The number of aryl methyl sites for hydroxylation is 1. The van der Waals surface area contributed by atoms with Crippen LogP contribution in [-0.4, -0.2) is 41.0 Å². The molecule has 2 N–H and O–H groups in total. The van der Waals surface area contributed by atoms with E-state index in [0.717, 1.165) is 5.69 Å². The first-order valence-corrected chi connectivity index (χ1v) is 9.31. The smallest absolute Gasteiger partial charge is 0.296 e. The molecule has 3 aromatic rings. The molecule has 0 unspecified atom stereocenters. The molecule has 0 radical (unpaired) electrons. The maximum absolute atomic E-state index is 12.8. The molecule has 0 atom stereocenters. The summed E-state index contributed by atoms with van der Waals surface area (Å²) in [5.41, 5.74) is 2.51. The zero-order chi connectivity index (χ0) is 21.7. The van der Waals surface area contributed by atoms with E-state index >= 15 is 0 Å². The fourth-order valence-corrected chi connectivity index (χ4v) is 2.98. The van der Waals surface area contributed by atoms with Crippen molar-refractivity contribution in [3.63, 3.8) is 0 Å². The van der Waals surface area contributed by atoms with Crippen molar-refractivity contribution in [2.45, 2.75) is 13.8 Å². The van der Waals surface area contributed by atoms with Crippen molar-refractivity contribution < 1.29 is 19.1 Å². The number of likely N-dealkylation sites (N-methyl/N-ethyl adjacent to an activating group) is 1. The highest BCUT2D eigenvalue weighted by Crippen LogP contribution is 2.21. The van der Waals surface area contributed by atoms with Crippen molar-refractivity contribution in [3.05, 3.63) is 71.5 Å². The summed E-state index contributed by atoms with van der Waals surface area (Å²) in [4.78, 5) is 36.7. The minimum absolute atomic E-state index is 0.149. The van der Waals surface area contributed by atoms with Gasteiger partial charge in [-0.05, 0) is 38.1 Å². The van der Waals surface area contributed by atoms with Gasteiger partial charge in [0.15, 0.2) is 6.61 Å². The van der Waals surface area contributed by atoms with Crippen molar-refractivity contribution in [1.82, 2.24) is 15.1 Å². The Hall–Kier alpha value is -3.94. The minimum atomic E-state index is -0.780. The molecule has 1 aromatic heterocycles. The number of ether oxygens (including phenoxy) is 1. The quantitative estimate of drug-likeness (QED) is 0.463. The van der Waals surface area contributed by atoms with Crippen molar-refractivity contribution in [3.8, 4) is 11.4 Å². The number of carbonyl (C=O) groups is 3. The van der Waals surface area contributed by atoms with E-state index in [2.05, 4.69) is 15.7 Å². The second kappa shape index (κ2) is 9.04. The number of nitrogens with one attached hydrogen (secondary N) is 2. The molecule has 8 heteroatoms. The molecule has 3 rings (SSSR count). The van der Waals surface area contributed by atoms with Gasteiger partial charge in [0.1, 0.15) is 5.75 Å². The standard InChI is InChI=1S/C22H22N4O4/c1-14-20(15(2)26(25-14)17-9-5-4-6-10-17)21(28)22(29)24-16-8-7-11-18(12-16)30-13-19(27)23-3/h4-12H,13H2,1-3H3,(H,23,27)(H,24,29). The van der Waals surface area contributed by atoms with Gasteiger partial charge < -0.3 is 15.4 Å². The molecule has 8 nitrogen and oxygen atoms in total. The molecule has 1 heterocycles. The number of aromatic nitrogens is 2. The van der Waals surface area contributed by atoms with E-state index in [-0.39, 0.29) is 18.1 Å². The number of carbonyl (C=O) groups excluding carboxylic acids is 3. The van der Waals surface area contributed by atoms with E-state index in [0.29, 0.717) is 22.8 Å². The molecular weight excluding hydrogens is 384 g/mol. The number of ketones is 1. The number of hydrogen-bond donors (Lipinski definition) is 2. The molecule has 0 saturated heterocycles. The van der Waals surface area contributed by atoms with Crippen LogP contribution in [0.2, 0.25) is 0 Å². The third-order valence-electron chi connectivity index (χ3n) is 4.47. The second-order valence-electron chi connectivity index (χ2n) is 6.57. The van der Waals surface area contributed by atoms with Crippen LogP contribution in [-0.2, 0) is 9.59 Å². The summed E-state index contributed by atoms with van der Waals surface area (Å²) in [5.74, 6) is -1.34. The van der Waals surface area contributed by atoms with Gasteiger partial charge in [-0.3, -0.25) is 14.4 Å². The van der Waals surface area contributed by atoms with Crippen LogP contribution in [0.15, 0.2) is 54.6 Å². The second-order valence-corrected chi connectivity index (χ2v) is 6.57. The number of Topliss-reactive ketones (excluding diaryl/α,β-unsaturated/α-hetero) is 1. The maximum Gasteiger partial charge on any atom is 0.296 e. The third kappa shape index (κ3) is 4.54. The monoisotopic (exact) mass is 406 g/mol. The fourth-order valence-electron chi connectivity index (χ4n) is 2.98. The molecule has 0 aliphatic rings. The maximum atomic E-state index is 12.8. The lowest BCUT2D eigenvalue weighted by atomic mass is 10.1. The average molecular weight is 406 g/mol. The molecule has 154 valence electrons. The molecule has 0 saturated carbocycles. The number of anilines is 1. The Labute approximate surface area is 173 Å². The Morgan fingerprint density at radius 2 is 1.77 bits per heavy atom. The Balaban J connectivity index is 1.76. The summed E-state index contributed by atoms with van der Waals surface area (Å²) in [5, 5.41) is 9.44. The summed E-state index contributed by atoms with van der Waals surface area (Å²) < 4.78 is 7.00. The Bertz CT molecular complexity index is 1090. The zero-order valence-corrected chi connectivity index (χ0v) is 16.9. The van der Waals surface area contributed by atoms with Crippen molar-refractivity contribution in [2.24, 2.45) is 0 Å². The summed E-state index contributed by atoms with van der Waals surface area (Å²) in [6.07, 6.45) is 0. The highest BCUT2D eigenvalue weighted by Gasteiger charge is 2.25. The predicted octanol–water partition coefficient (Wildman–Crippen LogP) is 2.44. The summed E-state index contributed by atoms with van der Waals surface area (Å²) >= 11 is 0. The highest BCUT2D eigenvalue weighted by molar-refractivity contribution is 6.47. The van der Waals surface area contributed by atoms with Crippen LogP contribution in [0.3, 0.4) is 0 Å². The van der Waals surface area contributed by atoms with Gasteiger partial charge in [-0.15, -0.1) is 0 Å². The van der Waals surface area contributed by atoms with Crippen LogP contribution < -0.4 is 15.4 Å². The molecule has 30 heavy (non-hydrogen) atoms. The van der Waals surface area contributed by atoms with Crippen molar-refractivity contribution >= 4 is 23.3 Å². The fraction of sp³-hybridized carbons (Fsp3) is 0.182. The lowest BCUT2D eigenvalue weighted by Crippen LogP contribution is -2.25. The highest BCUT2D eigenvalue weighted by atomic mass is 16.5. The number of para-hydroxylation sites is 1. The Kier molecular flexibility index (Phi) is 6.26. The van der Waals surface area contributed by atoms with E-state index in [9.17, 15) is 14.4 Å². The number of benzene rings is 2.